The molecule has 8 heteroatoms. The van der Waals surface area contributed by atoms with Crippen molar-refractivity contribution in [1.29, 1.82) is 0 Å². The van der Waals surface area contributed by atoms with Crippen LogP contribution in [0.5, 0.6) is 0 Å². The molecule has 27 heavy (non-hydrogen) atoms. The minimum absolute atomic E-state index is 0.118. The van der Waals surface area contributed by atoms with E-state index in [2.05, 4.69) is 22.0 Å². The fourth-order valence-electron chi connectivity index (χ4n) is 3.09. The number of hydrogen-bond donors (Lipinski definition) is 1. The number of amides is 1. The van der Waals surface area contributed by atoms with Crippen LogP contribution in [-0.2, 0) is 9.84 Å². The molecule has 1 aromatic carbocycles. The fourth-order valence-corrected chi connectivity index (χ4v) is 3.72. The summed E-state index contributed by atoms with van der Waals surface area (Å²) < 4.78 is 28.3. The van der Waals surface area contributed by atoms with Crippen molar-refractivity contribution in [2.45, 2.75) is 23.8 Å². The number of aromatic nitrogens is 1. The van der Waals surface area contributed by atoms with E-state index in [1.54, 1.807) is 18.2 Å². The second-order valence-corrected chi connectivity index (χ2v) is 8.73. The lowest BCUT2D eigenvalue weighted by Crippen LogP contribution is -2.44. The monoisotopic (exact) mass is 389 g/mol. The number of carbonyl (C=O) groups excluding carboxylic acids is 1. The lowest BCUT2D eigenvalue weighted by atomic mass is 10.0. The minimum Gasteiger partial charge on any atom is -0.355 e. The van der Waals surface area contributed by atoms with E-state index in [1.165, 1.54) is 12.1 Å². The molecule has 2 aromatic rings. The smallest absolute Gasteiger partial charge is 0.273 e. The summed E-state index contributed by atoms with van der Waals surface area (Å²) in [6.07, 6.45) is 4.81. The van der Waals surface area contributed by atoms with Crippen LogP contribution < -0.4 is 5.32 Å². The summed E-state index contributed by atoms with van der Waals surface area (Å²) in [5.74, 6) is 0.154. The molecular weight excluding hydrogens is 366 g/mol. The summed E-state index contributed by atoms with van der Waals surface area (Å²) in [4.78, 5) is 14.9. The Kier molecular flexibility index (Phi) is 5.76. The molecule has 1 amide bonds. The first-order valence-electron chi connectivity index (χ1n) is 8.78. The van der Waals surface area contributed by atoms with Crippen LogP contribution in [0.2, 0.25) is 0 Å². The van der Waals surface area contributed by atoms with Crippen LogP contribution in [0.3, 0.4) is 0 Å². The van der Waals surface area contributed by atoms with Crippen LogP contribution in [0.4, 0.5) is 0 Å². The normalized spacial score (nSPS) is 16.2. The maximum atomic E-state index is 12.4. The highest BCUT2D eigenvalue weighted by Crippen LogP contribution is 2.22. The van der Waals surface area contributed by atoms with Crippen LogP contribution in [0.25, 0.3) is 11.3 Å². The number of likely N-dealkylation sites (tertiary alicyclic amines) is 1. The molecule has 0 radical (unpaired) electrons. The fraction of sp³-hybridized carbons (Fsp3) is 0.368. The number of sulfone groups is 1. The summed E-state index contributed by atoms with van der Waals surface area (Å²) in [5.41, 5.74) is 0.873. The maximum Gasteiger partial charge on any atom is 0.273 e. The summed E-state index contributed by atoms with van der Waals surface area (Å²) in [7, 11) is -3.25. The molecule has 7 nitrogen and oxygen atoms in total. The zero-order valence-corrected chi connectivity index (χ0v) is 16.0. The van der Waals surface area contributed by atoms with Crippen molar-refractivity contribution in [1.82, 2.24) is 15.4 Å². The second kappa shape index (κ2) is 8.06. The van der Waals surface area contributed by atoms with Gasteiger partial charge in [-0.3, -0.25) is 9.69 Å². The van der Waals surface area contributed by atoms with Gasteiger partial charge in [-0.25, -0.2) is 8.42 Å². The topological polar surface area (TPSA) is 92.5 Å². The van der Waals surface area contributed by atoms with E-state index in [1.807, 2.05) is 6.08 Å². The molecule has 1 N–H and O–H groups in total. The lowest BCUT2D eigenvalue weighted by Gasteiger charge is -2.31. The summed E-state index contributed by atoms with van der Waals surface area (Å²) in [6, 6.07) is 7.96. The predicted octanol–water partition coefficient (Wildman–Crippen LogP) is 2.13. The molecule has 0 aliphatic carbocycles. The number of benzene rings is 1. The molecule has 1 aliphatic heterocycles. The van der Waals surface area contributed by atoms with E-state index in [0.717, 1.165) is 38.7 Å². The molecule has 3 rings (SSSR count). The van der Waals surface area contributed by atoms with E-state index in [0.29, 0.717) is 11.3 Å². The third-order valence-corrected chi connectivity index (χ3v) is 5.75. The van der Waals surface area contributed by atoms with Crippen LogP contribution >= 0.6 is 0 Å². The minimum atomic E-state index is -3.25. The molecule has 0 unspecified atom stereocenters. The van der Waals surface area contributed by atoms with Crippen LogP contribution in [0.1, 0.15) is 23.3 Å². The largest absolute Gasteiger partial charge is 0.355 e. The molecule has 1 aliphatic rings. The van der Waals surface area contributed by atoms with Gasteiger partial charge < -0.3 is 9.84 Å². The lowest BCUT2D eigenvalue weighted by molar-refractivity contribution is 0.0905. The highest BCUT2D eigenvalue weighted by molar-refractivity contribution is 7.90. The Morgan fingerprint density at radius 1 is 1.33 bits per heavy atom. The molecule has 0 spiro atoms. The molecule has 2 heterocycles. The van der Waals surface area contributed by atoms with Gasteiger partial charge in [0.1, 0.15) is 0 Å². The van der Waals surface area contributed by atoms with Gasteiger partial charge in [-0.1, -0.05) is 11.2 Å². The van der Waals surface area contributed by atoms with E-state index in [4.69, 9.17) is 4.52 Å². The van der Waals surface area contributed by atoms with E-state index in [9.17, 15) is 13.2 Å². The van der Waals surface area contributed by atoms with Crippen molar-refractivity contribution in [3.05, 3.63) is 48.7 Å². The zero-order valence-electron chi connectivity index (χ0n) is 15.2. The van der Waals surface area contributed by atoms with Gasteiger partial charge in [-0.05, 0) is 37.1 Å². The van der Waals surface area contributed by atoms with Gasteiger partial charge in [-0.2, -0.15) is 0 Å². The van der Waals surface area contributed by atoms with E-state index >= 15 is 0 Å². The first kappa shape index (κ1) is 19.3. The second-order valence-electron chi connectivity index (χ2n) is 6.71. The summed E-state index contributed by atoms with van der Waals surface area (Å²) in [6.45, 7) is 6.46. The summed E-state index contributed by atoms with van der Waals surface area (Å²) >= 11 is 0. The van der Waals surface area contributed by atoms with Gasteiger partial charge >= 0.3 is 0 Å². The highest BCUT2D eigenvalue weighted by Gasteiger charge is 2.22. The molecular formula is C19H23N3O4S. The number of piperidine rings is 1. The summed E-state index contributed by atoms with van der Waals surface area (Å²) in [5, 5.41) is 6.84. The Hall–Kier alpha value is -2.45. The first-order valence-corrected chi connectivity index (χ1v) is 10.7. The molecule has 0 bridgehead atoms. The number of hydrogen-bond acceptors (Lipinski definition) is 6. The zero-order chi connectivity index (χ0) is 19.4. The van der Waals surface area contributed by atoms with Crippen molar-refractivity contribution in [2.24, 2.45) is 0 Å². The molecule has 0 saturated carbocycles. The molecule has 1 fully saturated rings. The Morgan fingerprint density at radius 3 is 2.59 bits per heavy atom. The van der Waals surface area contributed by atoms with Crippen LogP contribution in [0.15, 0.2) is 52.4 Å². The Morgan fingerprint density at radius 2 is 2.00 bits per heavy atom. The first-order chi connectivity index (χ1) is 12.9. The molecule has 1 saturated heterocycles. The predicted molar refractivity (Wildman–Crippen MR) is 102 cm³/mol. The Bertz CT molecular complexity index is 911. The van der Waals surface area contributed by atoms with Gasteiger partial charge in [0.2, 0.25) is 0 Å². The average Bonchev–Trinajstić information content (AvgIpc) is 3.13. The number of nitrogens with one attached hydrogen (secondary N) is 1. The average molecular weight is 389 g/mol. The van der Waals surface area contributed by atoms with Crippen molar-refractivity contribution >= 4 is 15.7 Å². The Balaban J connectivity index is 1.62. The van der Waals surface area contributed by atoms with E-state index < -0.39 is 9.84 Å². The quantitative estimate of drug-likeness (QED) is 0.761. The standard InChI is InChI=1S/C19H23N3O4S/c1-3-10-22-11-8-15(9-12-22)20-19(23)17-13-18(26-21-17)14-4-6-16(7-5-14)27(2,24)25/h3-7,13,15H,1,8-12H2,2H3,(H,20,23). The third-order valence-electron chi connectivity index (χ3n) is 4.62. The highest BCUT2D eigenvalue weighted by atomic mass is 32.2. The molecule has 144 valence electrons. The van der Waals surface area contributed by atoms with Gasteiger partial charge in [-0.15, -0.1) is 6.58 Å². The van der Waals surface area contributed by atoms with Crippen molar-refractivity contribution in [2.75, 3.05) is 25.9 Å². The third kappa shape index (κ3) is 4.84. The van der Waals surface area contributed by atoms with Crippen molar-refractivity contribution in [3.63, 3.8) is 0 Å². The van der Waals surface area contributed by atoms with Crippen molar-refractivity contribution < 1.29 is 17.7 Å². The van der Waals surface area contributed by atoms with Crippen LogP contribution in [0, 0.1) is 0 Å². The van der Waals surface area contributed by atoms with Gasteiger partial charge in [0.25, 0.3) is 5.91 Å². The van der Waals surface area contributed by atoms with E-state index in [-0.39, 0.29) is 22.5 Å². The Labute approximate surface area is 159 Å². The molecule has 1 aromatic heterocycles. The SMILES string of the molecule is C=CCN1CCC(NC(=O)c2cc(-c3ccc(S(C)(=O)=O)cc3)on2)CC1. The van der Waals surface area contributed by atoms with Crippen LogP contribution in [-0.4, -0.2) is 56.3 Å². The van der Waals surface area contributed by atoms with Gasteiger partial charge in [0.15, 0.2) is 21.3 Å². The molecule has 0 atom stereocenters. The number of carbonyl (C=O) groups is 1. The van der Waals surface area contributed by atoms with Gasteiger partial charge in [0.05, 0.1) is 4.90 Å². The number of rotatable bonds is 6. The van der Waals surface area contributed by atoms with Crippen molar-refractivity contribution in [3.8, 4) is 11.3 Å². The van der Waals surface area contributed by atoms with Gasteiger partial charge in [0, 0.05) is 43.6 Å². The number of nitrogens with zero attached hydrogens (tertiary/aromatic N) is 2. The maximum absolute atomic E-state index is 12.4.